The van der Waals surface area contributed by atoms with Gasteiger partial charge in [-0.05, 0) is 0 Å². The van der Waals surface area contributed by atoms with Crippen LogP contribution in [0.1, 0.15) is 88.1 Å². The van der Waals surface area contributed by atoms with E-state index in [1.165, 1.54) is 67.5 Å². The van der Waals surface area contributed by atoms with Gasteiger partial charge in [0.05, 0.1) is 0 Å². The average molecular weight is 661 g/mol. The number of hydrogen-bond acceptors (Lipinski definition) is 4. The van der Waals surface area contributed by atoms with Crippen molar-refractivity contribution in [1.82, 2.24) is 10.2 Å². The van der Waals surface area contributed by atoms with Crippen LogP contribution in [0.2, 0.25) is 13.3 Å². The van der Waals surface area contributed by atoms with E-state index in [4.69, 9.17) is 9.47 Å². The molecule has 1 aliphatic heterocycles. The van der Waals surface area contributed by atoms with Crippen LogP contribution in [0, 0.1) is 5.82 Å². The average Bonchev–Trinajstić information content (AvgIpc) is 3.42. The van der Waals surface area contributed by atoms with Crippen LogP contribution in [-0.2, 0) is 6.54 Å². The number of benzene rings is 2. The van der Waals surface area contributed by atoms with Crippen LogP contribution < -0.4 is 18.4 Å². The van der Waals surface area contributed by atoms with Crippen LogP contribution in [0.4, 0.5) is 4.39 Å². The quantitative estimate of drug-likeness (QED) is 0.181. The zero-order valence-corrected chi connectivity index (χ0v) is 28.3. The van der Waals surface area contributed by atoms with Gasteiger partial charge >= 0.3 is 237 Å². The van der Waals surface area contributed by atoms with E-state index in [1.54, 1.807) is 14.2 Å². The van der Waals surface area contributed by atoms with Crippen LogP contribution in [0.3, 0.4) is 0 Å². The fourth-order valence-corrected chi connectivity index (χ4v) is 22.2. The number of hydrogen-bond donors (Lipinski definition) is 1. The number of unbranched alkanes of at least 4 members (excludes halogenated alkanes) is 3. The molecule has 0 spiro atoms. The normalized spacial score (nSPS) is 15.8. The van der Waals surface area contributed by atoms with Gasteiger partial charge in [-0.1, -0.05) is 0 Å². The van der Waals surface area contributed by atoms with Crippen LogP contribution in [0.25, 0.3) is 0 Å². The topological polar surface area (TPSA) is 50.8 Å². The van der Waals surface area contributed by atoms with E-state index in [0.717, 1.165) is 31.5 Å². The molecule has 0 unspecified atom stereocenters. The molecule has 0 aliphatic carbocycles. The molecule has 1 heterocycles. The zero-order valence-electron chi connectivity index (χ0n) is 25.5. The van der Waals surface area contributed by atoms with Gasteiger partial charge in [-0.25, -0.2) is 4.39 Å². The molecule has 7 heteroatoms. The summed E-state index contributed by atoms with van der Waals surface area (Å²) in [5.41, 5.74) is 1.69. The molecule has 3 rings (SSSR count). The van der Waals surface area contributed by atoms with Crippen LogP contribution in [-0.4, -0.2) is 62.5 Å². The fourth-order valence-electron chi connectivity index (χ4n) is 6.26. The maximum atomic E-state index is 13.8. The first-order chi connectivity index (χ1) is 19.4. The van der Waals surface area contributed by atoms with Crippen molar-refractivity contribution in [3.8, 4) is 11.5 Å². The molecule has 1 atom stereocenters. The van der Waals surface area contributed by atoms with Crippen molar-refractivity contribution >= 4 is 27.9 Å². The van der Waals surface area contributed by atoms with Gasteiger partial charge in [0.25, 0.3) is 0 Å². The second-order valence-corrected chi connectivity index (χ2v) is 24.7. The molecular weight excluding hydrogens is 610 g/mol. The number of rotatable bonds is 17. The Hall–Kier alpha value is -1.80. The molecule has 1 N–H and O–H groups in total. The zero-order chi connectivity index (χ0) is 29.0. The third-order valence-corrected chi connectivity index (χ3v) is 24.2. The molecule has 0 bridgehead atoms. The number of methoxy groups -OCH3 is 2. The van der Waals surface area contributed by atoms with Crippen LogP contribution >= 0.6 is 0 Å². The number of nitrogens with one attached hydrogen (secondary N) is 1. The summed E-state index contributed by atoms with van der Waals surface area (Å²) in [6, 6.07) is 11.4. The van der Waals surface area contributed by atoms with Crippen molar-refractivity contribution in [3.63, 3.8) is 0 Å². The molecule has 1 fully saturated rings. The molecule has 0 radical (unpaired) electrons. The van der Waals surface area contributed by atoms with Gasteiger partial charge in [-0.15, -0.1) is 0 Å². The van der Waals surface area contributed by atoms with Gasteiger partial charge in [-0.2, -0.15) is 0 Å². The Kier molecular flexibility index (Phi) is 13.6. The first-order valence-electron chi connectivity index (χ1n) is 15.4. The minimum absolute atomic E-state index is 0.0905. The van der Waals surface area contributed by atoms with Crippen molar-refractivity contribution in [2.45, 2.75) is 98.0 Å². The van der Waals surface area contributed by atoms with Gasteiger partial charge < -0.3 is 0 Å². The number of ether oxygens (including phenoxy) is 2. The molecule has 1 amide bonds. The Labute approximate surface area is 246 Å². The van der Waals surface area contributed by atoms with Crippen LogP contribution in [0.5, 0.6) is 11.5 Å². The predicted molar refractivity (Wildman–Crippen MR) is 166 cm³/mol. The number of halogens is 1. The van der Waals surface area contributed by atoms with E-state index >= 15 is 0 Å². The van der Waals surface area contributed by atoms with E-state index in [9.17, 15) is 9.18 Å². The molecule has 0 saturated carbocycles. The Morgan fingerprint density at radius 3 is 2.15 bits per heavy atom. The van der Waals surface area contributed by atoms with E-state index in [1.807, 2.05) is 12.1 Å². The maximum absolute atomic E-state index is 13.8. The Bertz CT molecular complexity index is 1040. The summed E-state index contributed by atoms with van der Waals surface area (Å²) in [7, 11) is 3.30. The SMILES string of the molecule is CCC[CH2][Sn]([CH2]CCC)([CH2]CCC)[c]1cc(OC)c(OC)c(C(=O)NC[C@H]2CCCN2Cc2ccc(F)cc2)c1. The van der Waals surface area contributed by atoms with Crippen molar-refractivity contribution < 1.29 is 18.7 Å². The number of carbonyl (C=O) groups excluding carboxylic acids is 1. The molecule has 5 nitrogen and oxygen atoms in total. The van der Waals surface area contributed by atoms with E-state index in [2.05, 4.69) is 43.1 Å². The predicted octanol–water partition coefficient (Wildman–Crippen LogP) is 7.29. The minimum atomic E-state index is -2.81. The first kappa shape index (κ1) is 32.7. The van der Waals surface area contributed by atoms with Gasteiger partial charge in [0.2, 0.25) is 0 Å². The Morgan fingerprint density at radius 1 is 0.975 bits per heavy atom. The summed E-state index contributed by atoms with van der Waals surface area (Å²) in [5, 5.41) is 3.25. The first-order valence-corrected chi connectivity index (χ1v) is 22.9. The second-order valence-electron chi connectivity index (χ2n) is 11.5. The molecule has 1 saturated heterocycles. The number of carbonyl (C=O) groups is 1. The van der Waals surface area contributed by atoms with Gasteiger partial charge in [0.1, 0.15) is 5.82 Å². The van der Waals surface area contributed by atoms with Gasteiger partial charge in [0.15, 0.2) is 0 Å². The summed E-state index contributed by atoms with van der Waals surface area (Å²) in [5.74, 6) is 0.898. The third kappa shape index (κ3) is 8.60. The molecule has 0 aromatic heterocycles. The summed E-state index contributed by atoms with van der Waals surface area (Å²) in [6.45, 7) is 9.17. The molecule has 2 aromatic rings. The summed E-state index contributed by atoms with van der Waals surface area (Å²) >= 11 is -2.81. The standard InChI is InChI=1S/C21H24FN2O3.3C4H9.Sn/c1-26-19-7-3-6-18(20(19)27-2)21(25)23-13-17-5-4-12-24(17)14-15-8-10-16(22)11-9-15;3*1-3-4-2;/h6-11,17H,4-5,12-14H2,1-2H3,(H,23,25);3*1,3-4H2,2H3;/t17-;;;;/m1..../s1. The second kappa shape index (κ2) is 16.6. The van der Waals surface area contributed by atoms with E-state index in [0.29, 0.717) is 23.6 Å². The fraction of sp³-hybridized carbons (Fsp3) is 0.606. The Morgan fingerprint density at radius 2 is 1.60 bits per heavy atom. The molecule has 222 valence electrons. The van der Waals surface area contributed by atoms with Crippen molar-refractivity contribution in [1.29, 1.82) is 0 Å². The molecular formula is C33H51FN2O3Sn. The third-order valence-electron chi connectivity index (χ3n) is 8.66. The summed E-state index contributed by atoms with van der Waals surface area (Å²) in [6.07, 6.45) is 9.50. The van der Waals surface area contributed by atoms with E-state index in [-0.39, 0.29) is 17.8 Å². The van der Waals surface area contributed by atoms with Gasteiger partial charge in [0, 0.05) is 0 Å². The number of nitrogens with zero attached hydrogens (tertiary/aromatic N) is 1. The van der Waals surface area contributed by atoms with Crippen LogP contribution in [0.15, 0.2) is 36.4 Å². The Balaban J connectivity index is 1.87. The molecule has 1 aliphatic rings. The monoisotopic (exact) mass is 662 g/mol. The van der Waals surface area contributed by atoms with Gasteiger partial charge in [-0.3, -0.25) is 0 Å². The van der Waals surface area contributed by atoms with E-state index < -0.39 is 18.4 Å². The number of amides is 1. The van der Waals surface area contributed by atoms with Crippen molar-refractivity contribution in [2.75, 3.05) is 27.3 Å². The molecule has 40 heavy (non-hydrogen) atoms. The van der Waals surface area contributed by atoms with Crippen molar-refractivity contribution in [2.24, 2.45) is 0 Å². The van der Waals surface area contributed by atoms with Crippen molar-refractivity contribution in [3.05, 3.63) is 53.3 Å². The number of likely N-dealkylation sites (tertiary alicyclic amines) is 1. The molecule has 2 aromatic carbocycles. The summed E-state index contributed by atoms with van der Waals surface area (Å²) in [4.78, 5) is 16.2. The summed E-state index contributed by atoms with van der Waals surface area (Å²) < 4.78 is 30.4.